The second-order valence-corrected chi connectivity index (χ2v) is 7.47. The van der Waals surface area contributed by atoms with Crippen LogP contribution in [0.4, 0.5) is 5.95 Å². The molecular formula is C20H20N4O3S. The number of allylic oxidation sites excluding steroid dienone is 1. The lowest BCUT2D eigenvalue weighted by Gasteiger charge is -2.26. The number of carbonyl (C=O) groups excluding carboxylic acids is 1. The predicted molar refractivity (Wildman–Crippen MR) is 106 cm³/mol. The number of nitrogens with one attached hydrogen (secondary N) is 1. The quantitative estimate of drug-likeness (QED) is 0.498. The van der Waals surface area contributed by atoms with Crippen molar-refractivity contribution in [3.8, 4) is 0 Å². The van der Waals surface area contributed by atoms with E-state index in [0.29, 0.717) is 28.1 Å². The Morgan fingerprint density at radius 3 is 2.82 bits per heavy atom. The maximum Gasteiger partial charge on any atom is 0.338 e. The van der Waals surface area contributed by atoms with Crippen molar-refractivity contribution < 1.29 is 13.9 Å². The summed E-state index contributed by atoms with van der Waals surface area (Å²) in [7, 11) is 0. The van der Waals surface area contributed by atoms with Crippen molar-refractivity contribution in [2.75, 3.05) is 11.1 Å². The third-order valence-corrected chi connectivity index (χ3v) is 5.07. The Hall–Kier alpha value is -3.00. The number of aromatic nitrogens is 3. The van der Waals surface area contributed by atoms with Gasteiger partial charge in [0.15, 0.2) is 0 Å². The van der Waals surface area contributed by atoms with Crippen LogP contribution in [0.5, 0.6) is 0 Å². The molecule has 0 fully saturated rings. The summed E-state index contributed by atoms with van der Waals surface area (Å²) < 4.78 is 12.9. The minimum atomic E-state index is -0.534. The fourth-order valence-corrected chi connectivity index (χ4v) is 3.65. The molecule has 144 valence electrons. The molecule has 0 radical (unpaired) electrons. The summed E-state index contributed by atoms with van der Waals surface area (Å²) in [5.74, 6) is 1.62. The lowest BCUT2D eigenvalue weighted by atomic mass is 10.0. The van der Waals surface area contributed by atoms with E-state index >= 15 is 0 Å². The zero-order valence-electron chi connectivity index (χ0n) is 15.6. The predicted octanol–water partition coefficient (Wildman–Crippen LogP) is 4.02. The first kappa shape index (κ1) is 18.4. The summed E-state index contributed by atoms with van der Waals surface area (Å²) in [4.78, 5) is 17.5. The van der Waals surface area contributed by atoms with Crippen LogP contribution in [-0.2, 0) is 16.1 Å². The molecular weight excluding hydrogens is 376 g/mol. The zero-order valence-corrected chi connectivity index (χ0v) is 16.4. The van der Waals surface area contributed by atoms with Crippen molar-refractivity contribution in [1.29, 1.82) is 0 Å². The minimum absolute atomic E-state index is 0.197. The summed E-state index contributed by atoms with van der Waals surface area (Å²) in [5, 5.41) is 8.39. The van der Waals surface area contributed by atoms with Gasteiger partial charge in [0.1, 0.15) is 18.4 Å². The number of thioether (sulfide) groups is 1. The second-order valence-electron chi connectivity index (χ2n) is 6.24. The zero-order chi connectivity index (χ0) is 19.5. The number of benzene rings is 1. The molecule has 1 atom stereocenters. The molecule has 0 spiro atoms. The van der Waals surface area contributed by atoms with Gasteiger partial charge in [0, 0.05) is 5.70 Å². The first-order valence-corrected chi connectivity index (χ1v) is 9.97. The van der Waals surface area contributed by atoms with E-state index in [2.05, 4.69) is 15.4 Å². The van der Waals surface area contributed by atoms with Crippen LogP contribution >= 0.6 is 11.8 Å². The maximum atomic E-state index is 13.0. The smallest absolute Gasteiger partial charge is 0.338 e. The lowest BCUT2D eigenvalue weighted by Crippen LogP contribution is -2.29. The number of carbonyl (C=O) groups is 1. The Balaban J connectivity index is 1.66. The number of rotatable bonds is 6. The number of hydrogen-bond donors (Lipinski definition) is 1. The van der Waals surface area contributed by atoms with Crippen LogP contribution in [0.3, 0.4) is 0 Å². The first-order valence-electron chi connectivity index (χ1n) is 8.99. The van der Waals surface area contributed by atoms with Crippen LogP contribution in [0.1, 0.15) is 31.2 Å². The molecule has 0 amide bonds. The molecule has 1 aromatic carbocycles. The summed E-state index contributed by atoms with van der Waals surface area (Å²) >= 11 is 1.54. The van der Waals surface area contributed by atoms with Gasteiger partial charge >= 0.3 is 5.97 Å². The molecule has 8 heteroatoms. The van der Waals surface area contributed by atoms with Crippen LogP contribution in [0.15, 0.2) is 69.6 Å². The molecule has 0 bridgehead atoms. The lowest BCUT2D eigenvalue weighted by molar-refractivity contribution is -0.140. The van der Waals surface area contributed by atoms with Gasteiger partial charge in [-0.25, -0.2) is 9.48 Å². The van der Waals surface area contributed by atoms with Crippen LogP contribution < -0.4 is 5.32 Å². The van der Waals surface area contributed by atoms with E-state index in [4.69, 9.17) is 9.15 Å². The molecule has 1 unspecified atom stereocenters. The highest BCUT2D eigenvalue weighted by Crippen LogP contribution is 2.36. The summed E-state index contributed by atoms with van der Waals surface area (Å²) in [6.45, 7) is 4.07. The van der Waals surface area contributed by atoms with Gasteiger partial charge in [-0.2, -0.15) is 4.98 Å². The summed E-state index contributed by atoms with van der Waals surface area (Å²) in [5.41, 5.74) is 2.05. The van der Waals surface area contributed by atoms with E-state index in [0.717, 1.165) is 11.3 Å². The number of nitrogens with zero attached hydrogens (tertiary/aromatic N) is 3. The molecule has 1 N–H and O–H groups in total. The van der Waals surface area contributed by atoms with E-state index in [1.807, 2.05) is 50.2 Å². The van der Waals surface area contributed by atoms with E-state index in [9.17, 15) is 4.79 Å². The van der Waals surface area contributed by atoms with Gasteiger partial charge in [-0.15, -0.1) is 5.10 Å². The van der Waals surface area contributed by atoms with Crippen molar-refractivity contribution in [1.82, 2.24) is 14.8 Å². The average molecular weight is 396 g/mol. The molecule has 3 aromatic rings. The molecule has 1 aliphatic rings. The van der Waals surface area contributed by atoms with E-state index < -0.39 is 12.0 Å². The summed E-state index contributed by atoms with van der Waals surface area (Å²) in [6, 6.07) is 12.7. The maximum absolute atomic E-state index is 13.0. The molecule has 0 aliphatic carbocycles. The number of fused-ring (bicyclic) bond motifs is 1. The SMILES string of the molecule is CCSc1nc2n(n1)C(c1ccco1)C(C(=O)OCc1ccccc1)=C(C)N2. The van der Waals surface area contributed by atoms with Crippen LogP contribution in [0, 0.1) is 0 Å². The number of ether oxygens (including phenoxy) is 1. The average Bonchev–Trinajstić information content (AvgIpc) is 3.36. The Bertz CT molecular complexity index is 996. The van der Waals surface area contributed by atoms with Crippen molar-refractivity contribution in [3.05, 3.63) is 71.3 Å². The largest absolute Gasteiger partial charge is 0.467 e. The monoisotopic (exact) mass is 396 g/mol. The molecule has 3 heterocycles. The molecule has 7 nitrogen and oxygen atoms in total. The first-order chi connectivity index (χ1) is 13.7. The topological polar surface area (TPSA) is 82.2 Å². The Kier molecular flexibility index (Phi) is 5.21. The van der Waals surface area contributed by atoms with E-state index in [1.54, 1.807) is 17.0 Å². The van der Waals surface area contributed by atoms with Gasteiger partial charge in [-0.1, -0.05) is 49.0 Å². The molecule has 28 heavy (non-hydrogen) atoms. The normalized spacial score (nSPS) is 15.9. The van der Waals surface area contributed by atoms with Gasteiger partial charge in [-0.3, -0.25) is 0 Å². The van der Waals surface area contributed by atoms with Gasteiger partial charge in [0.25, 0.3) is 0 Å². The number of furan rings is 1. The molecule has 4 rings (SSSR count). The van der Waals surface area contributed by atoms with Crippen molar-refractivity contribution in [2.45, 2.75) is 31.7 Å². The van der Waals surface area contributed by atoms with E-state index in [-0.39, 0.29) is 6.61 Å². The highest BCUT2D eigenvalue weighted by molar-refractivity contribution is 7.99. The molecule has 0 saturated carbocycles. The van der Waals surface area contributed by atoms with Crippen LogP contribution in [0.25, 0.3) is 0 Å². The standard InChI is InChI=1S/C20H20N4O3S/c1-3-28-20-22-19-21-13(2)16(17(24(19)23-20)15-10-7-11-26-15)18(25)27-12-14-8-5-4-6-9-14/h4-11,17H,3,12H2,1-2H3,(H,21,22,23). The summed E-state index contributed by atoms with van der Waals surface area (Å²) in [6.07, 6.45) is 1.58. The third kappa shape index (κ3) is 3.55. The third-order valence-electron chi connectivity index (χ3n) is 4.35. The van der Waals surface area contributed by atoms with Gasteiger partial charge in [-0.05, 0) is 30.4 Å². The second kappa shape index (κ2) is 7.93. The molecule has 0 saturated heterocycles. The Morgan fingerprint density at radius 1 is 1.29 bits per heavy atom. The number of anilines is 1. The van der Waals surface area contributed by atoms with Gasteiger partial charge in [0.05, 0.1) is 11.8 Å². The van der Waals surface area contributed by atoms with Crippen molar-refractivity contribution in [3.63, 3.8) is 0 Å². The molecule has 2 aromatic heterocycles. The fraction of sp³-hybridized carbons (Fsp3) is 0.250. The minimum Gasteiger partial charge on any atom is -0.467 e. The molecule has 1 aliphatic heterocycles. The highest BCUT2D eigenvalue weighted by Gasteiger charge is 2.36. The van der Waals surface area contributed by atoms with Crippen molar-refractivity contribution >= 4 is 23.7 Å². The van der Waals surface area contributed by atoms with Crippen molar-refractivity contribution in [2.24, 2.45) is 0 Å². The highest BCUT2D eigenvalue weighted by atomic mass is 32.2. The van der Waals surface area contributed by atoms with E-state index in [1.165, 1.54) is 11.8 Å². The van der Waals surface area contributed by atoms with Gasteiger partial charge in [0.2, 0.25) is 11.1 Å². The fourth-order valence-electron chi connectivity index (χ4n) is 3.10. The van der Waals surface area contributed by atoms with Crippen LogP contribution in [0.2, 0.25) is 0 Å². The number of esters is 1. The Labute approximate surface area is 166 Å². The number of hydrogen-bond acceptors (Lipinski definition) is 7. The van der Waals surface area contributed by atoms with Gasteiger partial charge < -0.3 is 14.5 Å². The Morgan fingerprint density at radius 2 is 2.11 bits per heavy atom. The van der Waals surface area contributed by atoms with Crippen LogP contribution in [-0.4, -0.2) is 26.5 Å².